The lowest BCUT2D eigenvalue weighted by molar-refractivity contribution is 0.0907. The number of rotatable bonds is 9. The van der Waals surface area contributed by atoms with Crippen molar-refractivity contribution in [1.82, 2.24) is 10.3 Å². The van der Waals surface area contributed by atoms with E-state index in [1.54, 1.807) is 18.2 Å². The lowest BCUT2D eigenvalue weighted by Crippen LogP contribution is -2.41. The molecule has 3 aromatic rings. The predicted molar refractivity (Wildman–Crippen MR) is 127 cm³/mol. The highest BCUT2D eigenvalue weighted by Gasteiger charge is 2.25. The van der Waals surface area contributed by atoms with E-state index in [0.717, 1.165) is 34.9 Å². The minimum atomic E-state index is -3.39. The fourth-order valence-corrected chi connectivity index (χ4v) is 4.84. The van der Waals surface area contributed by atoms with Crippen molar-refractivity contribution in [3.8, 4) is 0 Å². The monoisotopic (exact) mass is 441 g/mol. The first-order chi connectivity index (χ1) is 14.6. The number of amides is 1. The summed E-state index contributed by atoms with van der Waals surface area (Å²) < 4.78 is 27.3. The maximum Gasteiger partial charge on any atom is 0.268 e. The van der Waals surface area contributed by atoms with Gasteiger partial charge >= 0.3 is 0 Å². The van der Waals surface area contributed by atoms with Crippen LogP contribution >= 0.6 is 0 Å². The Morgan fingerprint density at radius 2 is 1.77 bits per heavy atom. The largest absolute Gasteiger partial charge is 0.350 e. The lowest BCUT2D eigenvalue weighted by atomic mass is 9.94. The van der Waals surface area contributed by atoms with E-state index in [4.69, 9.17) is 0 Å². The van der Waals surface area contributed by atoms with Gasteiger partial charge in [0.15, 0.2) is 0 Å². The molecule has 1 aromatic heterocycles. The van der Waals surface area contributed by atoms with Crippen LogP contribution in [-0.2, 0) is 15.6 Å². The minimum Gasteiger partial charge on any atom is -0.350 e. The van der Waals surface area contributed by atoms with E-state index < -0.39 is 15.6 Å². The molecule has 0 bridgehead atoms. The summed E-state index contributed by atoms with van der Waals surface area (Å²) in [7, 11) is -3.39. The van der Waals surface area contributed by atoms with Gasteiger partial charge in [0.1, 0.15) is 5.69 Å². The molecule has 3 N–H and O–H groups in total. The normalized spacial score (nSPS) is 12.1. The van der Waals surface area contributed by atoms with Gasteiger partial charge in [-0.3, -0.25) is 9.52 Å². The van der Waals surface area contributed by atoms with E-state index in [1.807, 2.05) is 58.0 Å². The molecule has 0 atom stereocenters. The topological polar surface area (TPSA) is 91.1 Å². The van der Waals surface area contributed by atoms with E-state index >= 15 is 0 Å². The summed E-state index contributed by atoms with van der Waals surface area (Å²) in [5.74, 6) is -0.100. The standard InChI is InChI=1S/C24H31N3O3S/c1-5-6-10-15-31(29,30)27-19-13-14-21-20(16-19)17(2)22(25-21)23(28)26-24(3,4)18-11-8-7-9-12-18/h7-9,11-14,16,25,27H,5-6,10,15H2,1-4H3,(H,26,28). The Kier molecular flexibility index (Phi) is 6.74. The smallest absolute Gasteiger partial charge is 0.268 e. The van der Waals surface area contributed by atoms with Crippen LogP contribution in [0.25, 0.3) is 10.9 Å². The molecule has 31 heavy (non-hydrogen) atoms. The zero-order valence-electron chi connectivity index (χ0n) is 18.6. The summed E-state index contributed by atoms with van der Waals surface area (Å²) in [4.78, 5) is 16.2. The molecular weight excluding hydrogens is 410 g/mol. The first kappa shape index (κ1) is 22.9. The Morgan fingerprint density at radius 3 is 2.45 bits per heavy atom. The lowest BCUT2D eigenvalue weighted by Gasteiger charge is -2.26. The Labute approximate surface area is 184 Å². The molecule has 3 rings (SSSR count). The Balaban J connectivity index is 1.82. The summed E-state index contributed by atoms with van der Waals surface area (Å²) >= 11 is 0. The van der Waals surface area contributed by atoms with Crippen LogP contribution in [0.15, 0.2) is 48.5 Å². The van der Waals surface area contributed by atoms with Crippen molar-refractivity contribution >= 4 is 32.5 Å². The number of unbranched alkanes of at least 4 members (excludes halogenated alkanes) is 2. The highest BCUT2D eigenvalue weighted by Crippen LogP contribution is 2.27. The zero-order valence-corrected chi connectivity index (χ0v) is 19.4. The van der Waals surface area contributed by atoms with Crippen molar-refractivity contribution in [1.29, 1.82) is 0 Å². The molecule has 0 spiro atoms. The second-order valence-corrected chi connectivity index (χ2v) is 10.3. The van der Waals surface area contributed by atoms with Gasteiger partial charge in [0.05, 0.1) is 11.3 Å². The van der Waals surface area contributed by atoms with E-state index in [0.29, 0.717) is 17.8 Å². The second-order valence-electron chi connectivity index (χ2n) is 8.46. The van der Waals surface area contributed by atoms with Gasteiger partial charge in [-0.2, -0.15) is 0 Å². The number of carbonyl (C=O) groups excluding carboxylic acids is 1. The molecule has 0 fully saturated rings. The number of hydrogen-bond acceptors (Lipinski definition) is 3. The van der Waals surface area contributed by atoms with Crippen LogP contribution in [0, 0.1) is 6.92 Å². The number of fused-ring (bicyclic) bond motifs is 1. The predicted octanol–water partition coefficient (Wildman–Crippen LogP) is 5.07. The summed E-state index contributed by atoms with van der Waals surface area (Å²) in [5.41, 5.74) is 3.01. The zero-order chi connectivity index (χ0) is 22.6. The molecule has 0 aliphatic rings. The SMILES string of the molecule is CCCCCS(=O)(=O)Nc1ccc2[nH]c(C(=O)NC(C)(C)c3ccccc3)c(C)c2c1. The number of aromatic nitrogens is 1. The second kappa shape index (κ2) is 9.14. The van der Waals surface area contributed by atoms with Crippen molar-refractivity contribution in [2.24, 2.45) is 0 Å². The molecule has 0 unspecified atom stereocenters. The molecule has 166 valence electrons. The molecule has 1 heterocycles. The number of aryl methyl sites for hydroxylation is 1. The van der Waals surface area contributed by atoms with Crippen molar-refractivity contribution in [3.63, 3.8) is 0 Å². The van der Waals surface area contributed by atoms with Gasteiger partial charge in [-0.1, -0.05) is 50.1 Å². The van der Waals surface area contributed by atoms with Crippen LogP contribution in [0.1, 0.15) is 61.6 Å². The van der Waals surface area contributed by atoms with E-state index in [9.17, 15) is 13.2 Å². The minimum absolute atomic E-state index is 0.104. The summed E-state index contributed by atoms with van der Waals surface area (Å²) in [6, 6.07) is 15.1. The first-order valence-corrected chi connectivity index (χ1v) is 12.3. The quantitative estimate of drug-likeness (QED) is 0.405. The molecule has 1 amide bonds. The van der Waals surface area contributed by atoms with E-state index in [-0.39, 0.29) is 11.7 Å². The van der Waals surface area contributed by atoms with Gasteiger partial charge in [0.2, 0.25) is 10.0 Å². The van der Waals surface area contributed by atoms with Crippen molar-refractivity contribution in [2.45, 2.75) is 52.5 Å². The molecule has 0 aliphatic heterocycles. The third-order valence-electron chi connectivity index (χ3n) is 5.50. The van der Waals surface area contributed by atoms with Crippen molar-refractivity contribution in [2.75, 3.05) is 10.5 Å². The highest BCUT2D eigenvalue weighted by molar-refractivity contribution is 7.92. The third-order valence-corrected chi connectivity index (χ3v) is 6.87. The van der Waals surface area contributed by atoms with E-state index in [2.05, 4.69) is 15.0 Å². The molecule has 2 aromatic carbocycles. The Bertz CT molecular complexity index is 1170. The fraction of sp³-hybridized carbons (Fsp3) is 0.375. The Morgan fingerprint density at radius 1 is 1.06 bits per heavy atom. The molecule has 7 heteroatoms. The van der Waals surface area contributed by atoms with Crippen LogP contribution in [0.4, 0.5) is 5.69 Å². The van der Waals surface area contributed by atoms with Gasteiger partial charge in [-0.05, 0) is 56.5 Å². The van der Waals surface area contributed by atoms with Crippen LogP contribution in [-0.4, -0.2) is 25.1 Å². The number of benzene rings is 2. The van der Waals surface area contributed by atoms with Crippen LogP contribution in [0.5, 0.6) is 0 Å². The highest BCUT2D eigenvalue weighted by atomic mass is 32.2. The molecular formula is C24H31N3O3S. The number of nitrogens with one attached hydrogen (secondary N) is 3. The maximum absolute atomic E-state index is 13.0. The fourth-order valence-electron chi connectivity index (χ4n) is 3.66. The first-order valence-electron chi connectivity index (χ1n) is 10.6. The van der Waals surface area contributed by atoms with Crippen LogP contribution in [0.3, 0.4) is 0 Å². The van der Waals surface area contributed by atoms with Gasteiger partial charge < -0.3 is 10.3 Å². The number of aromatic amines is 1. The molecule has 0 saturated heterocycles. The average Bonchev–Trinajstić information content (AvgIpc) is 3.04. The number of H-pyrrole nitrogens is 1. The van der Waals surface area contributed by atoms with Crippen LogP contribution in [0.2, 0.25) is 0 Å². The summed E-state index contributed by atoms with van der Waals surface area (Å²) in [6.45, 7) is 7.83. The average molecular weight is 442 g/mol. The van der Waals surface area contributed by atoms with E-state index in [1.165, 1.54) is 0 Å². The number of hydrogen-bond donors (Lipinski definition) is 3. The molecule has 6 nitrogen and oxygen atoms in total. The Hall–Kier alpha value is -2.80. The number of anilines is 1. The molecule has 0 saturated carbocycles. The number of sulfonamides is 1. The number of carbonyl (C=O) groups is 1. The summed E-state index contributed by atoms with van der Waals surface area (Å²) in [6.07, 6.45) is 2.49. The van der Waals surface area contributed by atoms with Crippen molar-refractivity contribution in [3.05, 3.63) is 65.4 Å². The van der Waals surface area contributed by atoms with Gasteiger partial charge in [-0.25, -0.2) is 8.42 Å². The third kappa shape index (κ3) is 5.47. The van der Waals surface area contributed by atoms with Gasteiger partial charge in [0.25, 0.3) is 5.91 Å². The summed E-state index contributed by atoms with van der Waals surface area (Å²) in [5, 5.41) is 3.91. The van der Waals surface area contributed by atoms with Crippen molar-refractivity contribution < 1.29 is 13.2 Å². The van der Waals surface area contributed by atoms with Gasteiger partial charge in [-0.15, -0.1) is 0 Å². The maximum atomic E-state index is 13.0. The molecule has 0 radical (unpaired) electrons. The van der Waals surface area contributed by atoms with Gasteiger partial charge in [0, 0.05) is 16.6 Å². The molecule has 0 aliphatic carbocycles. The van der Waals surface area contributed by atoms with Crippen LogP contribution < -0.4 is 10.0 Å².